The Hall–Kier alpha value is -1.32. The Bertz CT molecular complexity index is 398. The van der Waals surface area contributed by atoms with Crippen molar-refractivity contribution in [2.75, 3.05) is 13.2 Å². The van der Waals surface area contributed by atoms with Crippen LogP contribution in [0, 0.1) is 35.5 Å². The Morgan fingerprint density at radius 2 is 1.23 bits per heavy atom. The van der Waals surface area contributed by atoms with E-state index in [0.29, 0.717) is 25.0 Å². The van der Waals surface area contributed by atoms with Crippen molar-refractivity contribution >= 4 is 11.9 Å². The molecule has 0 saturated heterocycles. The zero-order chi connectivity index (χ0) is 16.3. The fraction of sp³-hybridized carbons (Fsp3) is 0.778. The number of hydrogen-bond donors (Lipinski definition) is 0. The van der Waals surface area contributed by atoms with Gasteiger partial charge in [-0.2, -0.15) is 0 Å². The number of hydrogen-bond acceptors (Lipinski definition) is 4. The van der Waals surface area contributed by atoms with E-state index in [-0.39, 0.29) is 35.6 Å². The van der Waals surface area contributed by atoms with Crippen molar-refractivity contribution in [3.8, 4) is 0 Å². The minimum atomic E-state index is -0.373. The minimum absolute atomic E-state index is 0.112. The van der Waals surface area contributed by atoms with Gasteiger partial charge in [0.05, 0.1) is 25.0 Å². The highest BCUT2D eigenvalue weighted by atomic mass is 16.5. The zero-order valence-electron chi connectivity index (χ0n) is 14.1. The summed E-state index contributed by atoms with van der Waals surface area (Å²) in [6.45, 7) is 8.85. The lowest BCUT2D eigenvalue weighted by atomic mass is 9.62. The van der Waals surface area contributed by atoms with Crippen LogP contribution < -0.4 is 0 Å². The molecule has 0 heterocycles. The first kappa shape index (κ1) is 17.0. The Balaban J connectivity index is 2.08. The standard InChI is InChI=1S/C18H28O4/c1-11(2)9-21-17(19)15-13-5-7-14(8-6-13)16(15)18(20)22-10-12(3)4/h5,7,11-16H,6,8-10H2,1-4H3. The van der Waals surface area contributed by atoms with Gasteiger partial charge in [-0.05, 0) is 36.5 Å². The van der Waals surface area contributed by atoms with E-state index < -0.39 is 0 Å². The van der Waals surface area contributed by atoms with Crippen LogP contribution in [0.1, 0.15) is 40.5 Å². The molecule has 0 amide bonds. The lowest BCUT2D eigenvalue weighted by molar-refractivity contribution is -0.168. The summed E-state index contributed by atoms with van der Waals surface area (Å²) < 4.78 is 10.8. The fourth-order valence-corrected chi connectivity index (χ4v) is 3.33. The quantitative estimate of drug-likeness (QED) is 0.558. The van der Waals surface area contributed by atoms with Crippen molar-refractivity contribution < 1.29 is 19.1 Å². The molecule has 1 fully saturated rings. The second-order valence-electron chi connectivity index (χ2n) is 7.39. The predicted octanol–water partition coefficient (Wildman–Crippen LogP) is 3.21. The maximum Gasteiger partial charge on any atom is 0.310 e. The van der Waals surface area contributed by atoms with Gasteiger partial charge in [0.15, 0.2) is 0 Å². The molecule has 0 aromatic carbocycles. The number of esters is 2. The molecule has 0 aromatic rings. The van der Waals surface area contributed by atoms with E-state index in [4.69, 9.17) is 9.47 Å². The fourth-order valence-electron chi connectivity index (χ4n) is 3.33. The Labute approximate surface area is 133 Å². The molecular formula is C18H28O4. The van der Waals surface area contributed by atoms with E-state index in [9.17, 15) is 9.59 Å². The molecule has 124 valence electrons. The molecule has 4 nitrogen and oxygen atoms in total. The number of carbonyl (C=O) groups is 2. The molecule has 3 rings (SSSR count). The van der Waals surface area contributed by atoms with Gasteiger partial charge in [-0.15, -0.1) is 0 Å². The largest absolute Gasteiger partial charge is 0.465 e. The second-order valence-corrected chi connectivity index (χ2v) is 7.39. The van der Waals surface area contributed by atoms with Crippen molar-refractivity contribution in [2.45, 2.75) is 40.5 Å². The first-order valence-corrected chi connectivity index (χ1v) is 8.41. The molecule has 0 aromatic heterocycles. The van der Waals surface area contributed by atoms with E-state index in [1.807, 2.05) is 27.7 Å². The average Bonchev–Trinajstić information content (AvgIpc) is 2.50. The molecule has 0 radical (unpaired) electrons. The molecule has 22 heavy (non-hydrogen) atoms. The highest BCUT2D eigenvalue weighted by Gasteiger charge is 2.49. The van der Waals surface area contributed by atoms with Crippen LogP contribution in [0.25, 0.3) is 0 Å². The first-order chi connectivity index (χ1) is 10.4. The van der Waals surface area contributed by atoms with Crippen LogP contribution >= 0.6 is 0 Å². The van der Waals surface area contributed by atoms with Crippen LogP contribution in [0.4, 0.5) is 0 Å². The Kier molecular flexibility index (Phi) is 5.65. The second kappa shape index (κ2) is 7.30. The van der Waals surface area contributed by atoms with Crippen LogP contribution in [0.2, 0.25) is 0 Å². The summed E-state index contributed by atoms with van der Waals surface area (Å²) in [5, 5.41) is 0. The predicted molar refractivity (Wildman–Crippen MR) is 83.9 cm³/mol. The van der Waals surface area contributed by atoms with Crippen molar-refractivity contribution in [1.82, 2.24) is 0 Å². The van der Waals surface area contributed by atoms with Crippen molar-refractivity contribution in [1.29, 1.82) is 0 Å². The van der Waals surface area contributed by atoms with E-state index in [1.54, 1.807) is 0 Å². The Morgan fingerprint density at radius 3 is 1.50 bits per heavy atom. The van der Waals surface area contributed by atoms with E-state index in [2.05, 4.69) is 12.2 Å². The maximum atomic E-state index is 12.5. The van der Waals surface area contributed by atoms with Gasteiger partial charge in [-0.1, -0.05) is 39.8 Å². The van der Waals surface area contributed by atoms with Crippen molar-refractivity contribution in [2.24, 2.45) is 35.5 Å². The highest BCUT2D eigenvalue weighted by Crippen LogP contribution is 2.46. The number of allylic oxidation sites excluding steroid dienone is 2. The highest BCUT2D eigenvalue weighted by molar-refractivity contribution is 5.83. The average molecular weight is 308 g/mol. The van der Waals surface area contributed by atoms with Gasteiger partial charge in [0, 0.05) is 0 Å². The smallest absolute Gasteiger partial charge is 0.310 e. The zero-order valence-corrected chi connectivity index (χ0v) is 14.1. The lowest BCUT2D eigenvalue weighted by Gasteiger charge is -2.42. The van der Waals surface area contributed by atoms with Gasteiger partial charge in [-0.25, -0.2) is 0 Å². The van der Waals surface area contributed by atoms with Gasteiger partial charge < -0.3 is 9.47 Å². The number of ether oxygens (including phenoxy) is 2. The summed E-state index contributed by atoms with van der Waals surface area (Å²) in [6, 6.07) is 0. The molecule has 0 N–H and O–H groups in total. The molecule has 3 aliphatic carbocycles. The molecule has 0 spiro atoms. The molecule has 2 bridgehead atoms. The van der Waals surface area contributed by atoms with Crippen LogP contribution in [-0.2, 0) is 19.1 Å². The molecule has 4 unspecified atom stereocenters. The summed E-state index contributed by atoms with van der Waals surface area (Å²) in [4.78, 5) is 25.0. The topological polar surface area (TPSA) is 52.6 Å². The molecule has 3 aliphatic rings. The summed E-state index contributed by atoms with van der Waals surface area (Å²) in [5.74, 6) is -0.399. The Morgan fingerprint density at radius 1 is 0.864 bits per heavy atom. The summed E-state index contributed by atoms with van der Waals surface area (Å²) in [6.07, 6.45) is 6.08. The van der Waals surface area contributed by atoms with E-state index in [1.165, 1.54) is 0 Å². The van der Waals surface area contributed by atoms with Gasteiger partial charge >= 0.3 is 11.9 Å². The van der Waals surface area contributed by atoms with Crippen molar-refractivity contribution in [3.63, 3.8) is 0 Å². The molecule has 1 saturated carbocycles. The van der Waals surface area contributed by atoms with Gasteiger partial charge in [0.2, 0.25) is 0 Å². The van der Waals surface area contributed by atoms with Gasteiger partial charge in [0.25, 0.3) is 0 Å². The lowest BCUT2D eigenvalue weighted by Crippen LogP contribution is -2.46. The molecule has 0 aliphatic heterocycles. The van der Waals surface area contributed by atoms with Crippen LogP contribution in [0.3, 0.4) is 0 Å². The number of carbonyl (C=O) groups excluding carboxylic acids is 2. The molecular weight excluding hydrogens is 280 g/mol. The molecule has 4 heteroatoms. The first-order valence-electron chi connectivity index (χ1n) is 8.41. The number of fused-ring (bicyclic) bond motifs is 2. The van der Waals surface area contributed by atoms with Gasteiger partial charge in [-0.3, -0.25) is 9.59 Å². The van der Waals surface area contributed by atoms with Crippen LogP contribution in [-0.4, -0.2) is 25.2 Å². The summed E-state index contributed by atoms with van der Waals surface area (Å²) in [7, 11) is 0. The van der Waals surface area contributed by atoms with E-state index >= 15 is 0 Å². The third-order valence-corrected chi connectivity index (χ3v) is 4.41. The third kappa shape index (κ3) is 3.90. The summed E-state index contributed by atoms with van der Waals surface area (Å²) in [5.41, 5.74) is 0. The van der Waals surface area contributed by atoms with Gasteiger partial charge in [0.1, 0.15) is 0 Å². The minimum Gasteiger partial charge on any atom is -0.465 e. The van der Waals surface area contributed by atoms with Crippen LogP contribution in [0.5, 0.6) is 0 Å². The van der Waals surface area contributed by atoms with Crippen LogP contribution in [0.15, 0.2) is 12.2 Å². The monoisotopic (exact) mass is 308 g/mol. The third-order valence-electron chi connectivity index (χ3n) is 4.41. The van der Waals surface area contributed by atoms with E-state index in [0.717, 1.165) is 12.8 Å². The number of rotatable bonds is 6. The maximum absolute atomic E-state index is 12.5. The molecule has 4 atom stereocenters. The van der Waals surface area contributed by atoms with Crippen molar-refractivity contribution in [3.05, 3.63) is 12.2 Å². The SMILES string of the molecule is CC(C)COC(=O)C1C2C=CC(CC2)C1C(=O)OCC(C)C. The summed E-state index contributed by atoms with van der Waals surface area (Å²) >= 11 is 0. The normalized spacial score (nSPS) is 29.9.